The zero-order chi connectivity index (χ0) is 19.4. The Balaban J connectivity index is 1.80. The summed E-state index contributed by atoms with van der Waals surface area (Å²) >= 11 is 0. The number of ether oxygens (including phenoxy) is 2. The van der Waals surface area contributed by atoms with Crippen molar-refractivity contribution in [3.05, 3.63) is 53.6 Å². The number of nitrogens with one attached hydrogen (secondary N) is 2. The number of hydrogen-bond donors (Lipinski definition) is 3. The molecule has 1 aliphatic rings. The highest BCUT2D eigenvalue weighted by Crippen LogP contribution is 2.34. The van der Waals surface area contributed by atoms with Gasteiger partial charge in [-0.1, -0.05) is 26.0 Å². The highest BCUT2D eigenvalue weighted by Gasteiger charge is 2.22. The van der Waals surface area contributed by atoms with Crippen LogP contribution in [0.5, 0.6) is 11.5 Å². The summed E-state index contributed by atoms with van der Waals surface area (Å²) in [7, 11) is 0. The summed E-state index contributed by atoms with van der Waals surface area (Å²) in [5.41, 5.74) is 6.97. The van der Waals surface area contributed by atoms with Crippen molar-refractivity contribution in [3.63, 3.8) is 0 Å². The minimum absolute atomic E-state index is 0.156. The standard InChI is InChI=1S/C20H23N3O4/c1-12(2)18(13-6-7-16-17(11-13)27-9-8-26-16)23-19(24)14-4-3-5-15(10-14)22-20(21)25/h3-7,10-12,18H,8-9H2,1-2H3,(H,23,24)(H3,21,22,25)/t18-/m1/s1. The van der Waals surface area contributed by atoms with Crippen molar-refractivity contribution in [3.8, 4) is 11.5 Å². The maximum absolute atomic E-state index is 12.7. The maximum atomic E-state index is 12.7. The van der Waals surface area contributed by atoms with Gasteiger partial charge in [0.2, 0.25) is 0 Å². The minimum Gasteiger partial charge on any atom is -0.486 e. The number of anilines is 1. The van der Waals surface area contributed by atoms with E-state index in [9.17, 15) is 9.59 Å². The van der Waals surface area contributed by atoms with Crippen LogP contribution in [-0.2, 0) is 0 Å². The third-order valence-corrected chi connectivity index (χ3v) is 4.27. The third kappa shape index (κ3) is 4.49. The number of nitrogens with two attached hydrogens (primary N) is 1. The number of amides is 3. The second-order valence-electron chi connectivity index (χ2n) is 6.67. The zero-order valence-electron chi connectivity index (χ0n) is 15.3. The van der Waals surface area contributed by atoms with E-state index < -0.39 is 6.03 Å². The van der Waals surface area contributed by atoms with Crippen LogP contribution in [0.2, 0.25) is 0 Å². The van der Waals surface area contributed by atoms with E-state index in [-0.39, 0.29) is 17.9 Å². The van der Waals surface area contributed by atoms with Gasteiger partial charge in [0.05, 0.1) is 6.04 Å². The summed E-state index contributed by atoms with van der Waals surface area (Å²) < 4.78 is 11.2. The molecule has 27 heavy (non-hydrogen) atoms. The van der Waals surface area contributed by atoms with Gasteiger partial charge in [-0.3, -0.25) is 4.79 Å². The quantitative estimate of drug-likeness (QED) is 0.753. The van der Waals surface area contributed by atoms with Crippen molar-refractivity contribution < 1.29 is 19.1 Å². The predicted molar refractivity (Wildman–Crippen MR) is 102 cm³/mol. The third-order valence-electron chi connectivity index (χ3n) is 4.27. The second kappa shape index (κ2) is 7.99. The van der Waals surface area contributed by atoms with E-state index in [0.29, 0.717) is 36.0 Å². The summed E-state index contributed by atoms with van der Waals surface area (Å²) in [4.78, 5) is 23.8. The Hall–Kier alpha value is -3.22. The fourth-order valence-electron chi connectivity index (χ4n) is 2.99. The SMILES string of the molecule is CC(C)[C@@H](NC(=O)c1cccc(NC(N)=O)c1)c1ccc2c(c1)OCCO2. The normalized spacial score (nSPS) is 13.7. The molecule has 1 heterocycles. The number of fused-ring (bicyclic) bond motifs is 1. The smallest absolute Gasteiger partial charge is 0.316 e. The largest absolute Gasteiger partial charge is 0.486 e. The molecule has 7 heteroatoms. The van der Waals surface area contributed by atoms with E-state index in [1.54, 1.807) is 24.3 Å². The number of urea groups is 1. The molecular formula is C20H23N3O4. The molecule has 0 unspecified atom stereocenters. The van der Waals surface area contributed by atoms with Crippen LogP contribution in [-0.4, -0.2) is 25.2 Å². The molecule has 0 spiro atoms. The molecule has 0 bridgehead atoms. The van der Waals surface area contributed by atoms with Gasteiger partial charge < -0.3 is 25.8 Å². The van der Waals surface area contributed by atoms with E-state index in [0.717, 1.165) is 5.56 Å². The summed E-state index contributed by atoms with van der Waals surface area (Å²) in [6, 6.07) is 11.4. The lowest BCUT2D eigenvalue weighted by Gasteiger charge is -2.25. The van der Waals surface area contributed by atoms with Gasteiger partial charge in [-0.15, -0.1) is 0 Å². The van der Waals surface area contributed by atoms with E-state index in [2.05, 4.69) is 10.6 Å². The summed E-state index contributed by atoms with van der Waals surface area (Å²) in [5.74, 6) is 1.32. The van der Waals surface area contributed by atoms with Crippen LogP contribution >= 0.6 is 0 Å². The summed E-state index contributed by atoms with van der Waals surface area (Å²) in [6.45, 7) is 5.11. The van der Waals surface area contributed by atoms with Crippen LogP contribution in [0.1, 0.15) is 35.8 Å². The highest BCUT2D eigenvalue weighted by atomic mass is 16.6. The molecule has 1 aliphatic heterocycles. The van der Waals surface area contributed by atoms with Gasteiger partial charge in [-0.2, -0.15) is 0 Å². The Labute approximate surface area is 157 Å². The Bertz CT molecular complexity index is 851. The zero-order valence-corrected chi connectivity index (χ0v) is 15.3. The minimum atomic E-state index is -0.677. The molecule has 0 radical (unpaired) electrons. The molecule has 0 saturated carbocycles. The van der Waals surface area contributed by atoms with Crippen molar-refractivity contribution in [2.45, 2.75) is 19.9 Å². The molecule has 0 fully saturated rings. The molecule has 2 aromatic carbocycles. The van der Waals surface area contributed by atoms with Crippen molar-refractivity contribution in [1.82, 2.24) is 5.32 Å². The number of hydrogen-bond acceptors (Lipinski definition) is 4. The van der Waals surface area contributed by atoms with E-state index >= 15 is 0 Å². The molecule has 4 N–H and O–H groups in total. The predicted octanol–water partition coefficient (Wildman–Crippen LogP) is 3.08. The van der Waals surface area contributed by atoms with Crippen LogP contribution in [0.15, 0.2) is 42.5 Å². The van der Waals surface area contributed by atoms with E-state index in [4.69, 9.17) is 15.2 Å². The molecule has 3 amide bonds. The van der Waals surface area contributed by atoms with Crippen molar-refractivity contribution in [1.29, 1.82) is 0 Å². The molecule has 0 aromatic heterocycles. The molecule has 7 nitrogen and oxygen atoms in total. The lowest BCUT2D eigenvalue weighted by molar-refractivity contribution is 0.0925. The maximum Gasteiger partial charge on any atom is 0.316 e. The van der Waals surface area contributed by atoms with Crippen molar-refractivity contribution >= 4 is 17.6 Å². The monoisotopic (exact) mass is 369 g/mol. The Kier molecular flexibility index (Phi) is 5.49. The molecule has 3 rings (SSSR count). The lowest BCUT2D eigenvalue weighted by atomic mass is 9.95. The van der Waals surface area contributed by atoms with Crippen LogP contribution < -0.4 is 25.8 Å². The van der Waals surface area contributed by atoms with Gasteiger partial charge in [0.15, 0.2) is 11.5 Å². The van der Waals surface area contributed by atoms with Crippen molar-refractivity contribution in [2.75, 3.05) is 18.5 Å². The van der Waals surface area contributed by atoms with Crippen LogP contribution in [0, 0.1) is 5.92 Å². The first-order valence-electron chi connectivity index (χ1n) is 8.81. The average Bonchev–Trinajstić information content (AvgIpc) is 2.65. The lowest BCUT2D eigenvalue weighted by Crippen LogP contribution is -2.32. The number of rotatable bonds is 5. The van der Waals surface area contributed by atoms with Gasteiger partial charge in [-0.25, -0.2) is 4.79 Å². The van der Waals surface area contributed by atoms with Crippen LogP contribution in [0.3, 0.4) is 0 Å². The molecular weight excluding hydrogens is 346 g/mol. The van der Waals surface area contributed by atoms with Crippen molar-refractivity contribution in [2.24, 2.45) is 11.7 Å². The fourth-order valence-corrected chi connectivity index (χ4v) is 2.99. The molecule has 142 valence electrons. The number of carbonyl (C=O) groups excluding carboxylic acids is 2. The number of benzene rings is 2. The van der Waals surface area contributed by atoms with Gasteiger partial charge in [-0.05, 0) is 41.8 Å². The van der Waals surface area contributed by atoms with Gasteiger partial charge in [0, 0.05) is 11.3 Å². The first-order chi connectivity index (χ1) is 12.9. The Morgan fingerprint density at radius 2 is 1.78 bits per heavy atom. The van der Waals surface area contributed by atoms with Crippen LogP contribution in [0.25, 0.3) is 0 Å². The molecule has 0 aliphatic carbocycles. The van der Waals surface area contributed by atoms with E-state index in [1.807, 2.05) is 32.0 Å². The van der Waals surface area contributed by atoms with Crippen LogP contribution in [0.4, 0.5) is 10.5 Å². The first kappa shape index (κ1) is 18.6. The Morgan fingerprint density at radius 3 is 2.48 bits per heavy atom. The average molecular weight is 369 g/mol. The summed E-state index contributed by atoms with van der Waals surface area (Å²) in [6.07, 6.45) is 0. The van der Waals surface area contributed by atoms with Gasteiger partial charge in [0.25, 0.3) is 5.91 Å². The summed E-state index contributed by atoms with van der Waals surface area (Å²) in [5, 5.41) is 5.53. The number of primary amides is 1. The van der Waals surface area contributed by atoms with Gasteiger partial charge >= 0.3 is 6.03 Å². The fraction of sp³-hybridized carbons (Fsp3) is 0.300. The first-order valence-corrected chi connectivity index (χ1v) is 8.81. The highest BCUT2D eigenvalue weighted by molar-refractivity contribution is 5.96. The molecule has 2 aromatic rings. The topological polar surface area (TPSA) is 103 Å². The number of carbonyl (C=O) groups is 2. The molecule has 1 atom stereocenters. The Morgan fingerprint density at radius 1 is 1.04 bits per heavy atom. The molecule has 0 saturated heterocycles. The van der Waals surface area contributed by atoms with E-state index in [1.165, 1.54) is 0 Å². The van der Waals surface area contributed by atoms with Gasteiger partial charge in [0.1, 0.15) is 13.2 Å². The second-order valence-corrected chi connectivity index (χ2v) is 6.67.